The van der Waals surface area contributed by atoms with Crippen molar-refractivity contribution in [3.63, 3.8) is 0 Å². The van der Waals surface area contributed by atoms with Gasteiger partial charge in [-0.15, -0.1) is 0 Å². The van der Waals surface area contributed by atoms with E-state index in [2.05, 4.69) is 4.98 Å². The number of hydrogen-bond acceptors (Lipinski definition) is 3. The van der Waals surface area contributed by atoms with E-state index in [0.29, 0.717) is 18.7 Å². The quantitative estimate of drug-likeness (QED) is 0.847. The van der Waals surface area contributed by atoms with Crippen molar-refractivity contribution < 1.29 is 9.53 Å². The van der Waals surface area contributed by atoms with Crippen LogP contribution in [-0.2, 0) is 20.0 Å². The maximum Gasteiger partial charge on any atom is 0.254 e. The SMILES string of the molecule is COc1ccc(C(=O)N2CCc3ncn(C)c3C2)cc1C. The van der Waals surface area contributed by atoms with Crippen molar-refractivity contribution in [1.82, 2.24) is 14.5 Å². The van der Waals surface area contributed by atoms with Gasteiger partial charge >= 0.3 is 0 Å². The van der Waals surface area contributed by atoms with Crippen molar-refractivity contribution >= 4 is 5.91 Å². The Bertz CT molecular complexity index is 691. The highest BCUT2D eigenvalue weighted by molar-refractivity contribution is 5.94. The molecule has 0 N–H and O–H groups in total. The molecule has 0 unspecified atom stereocenters. The predicted octanol–water partition coefficient (Wildman–Crippen LogP) is 1.94. The van der Waals surface area contributed by atoms with Gasteiger partial charge in [0, 0.05) is 25.6 Å². The lowest BCUT2D eigenvalue weighted by atomic mass is 10.1. The van der Waals surface area contributed by atoms with E-state index in [4.69, 9.17) is 4.74 Å². The minimum Gasteiger partial charge on any atom is -0.496 e. The number of aromatic nitrogens is 2. The molecule has 1 aliphatic rings. The Kier molecular flexibility index (Phi) is 3.41. The summed E-state index contributed by atoms with van der Waals surface area (Å²) in [6.45, 7) is 3.29. The van der Waals surface area contributed by atoms with Crippen LogP contribution in [0.5, 0.6) is 5.75 Å². The predicted molar refractivity (Wildman–Crippen MR) is 79.4 cm³/mol. The number of imidazole rings is 1. The third kappa shape index (κ3) is 2.39. The van der Waals surface area contributed by atoms with Crippen LogP contribution >= 0.6 is 0 Å². The molecule has 3 rings (SSSR count). The van der Waals surface area contributed by atoms with E-state index in [1.165, 1.54) is 0 Å². The maximum absolute atomic E-state index is 12.6. The number of hydrogen-bond donors (Lipinski definition) is 0. The minimum atomic E-state index is 0.0626. The van der Waals surface area contributed by atoms with Crippen molar-refractivity contribution in [2.45, 2.75) is 19.9 Å². The lowest BCUT2D eigenvalue weighted by Gasteiger charge is -2.27. The van der Waals surface area contributed by atoms with E-state index in [-0.39, 0.29) is 5.91 Å². The zero-order valence-corrected chi connectivity index (χ0v) is 12.6. The molecule has 2 aromatic rings. The van der Waals surface area contributed by atoms with E-state index >= 15 is 0 Å². The number of carbonyl (C=O) groups excluding carboxylic acids is 1. The molecule has 0 fully saturated rings. The molecule has 5 nitrogen and oxygen atoms in total. The first-order valence-electron chi connectivity index (χ1n) is 7.03. The molecule has 0 radical (unpaired) electrons. The highest BCUT2D eigenvalue weighted by Gasteiger charge is 2.24. The van der Waals surface area contributed by atoms with E-state index < -0.39 is 0 Å². The number of carbonyl (C=O) groups is 1. The molecule has 2 heterocycles. The minimum absolute atomic E-state index is 0.0626. The molecule has 0 saturated heterocycles. The van der Waals surface area contributed by atoms with Crippen molar-refractivity contribution in [3.8, 4) is 5.75 Å². The lowest BCUT2D eigenvalue weighted by molar-refractivity contribution is 0.0730. The molecule has 21 heavy (non-hydrogen) atoms. The first-order chi connectivity index (χ1) is 10.1. The highest BCUT2D eigenvalue weighted by Crippen LogP contribution is 2.22. The molecule has 0 aliphatic carbocycles. The van der Waals surface area contributed by atoms with E-state index in [0.717, 1.165) is 29.1 Å². The Morgan fingerprint density at radius 1 is 1.38 bits per heavy atom. The molecule has 0 saturated carbocycles. The zero-order valence-electron chi connectivity index (χ0n) is 12.6. The summed E-state index contributed by atoms with van der Waals surface area (Å²) in [6.07, 6.45) is 2.63. The summed E-state index contributed by atoms with van der Waals surface area (Å²) < 4.78 is 7.23. The topological polar surface area (TPSA) is 47.4 Å². The van der Waals surface area contributed by atoms with Crippen LogP contribution in [-0.4, -0.2) is 34.0 Å². The Labute approximate surface area is 124 Å². The van der Waals surface area contributed by atoms with Crippen molar-refractivity contribution in [2.75, 3.05) is 13.7 Å². The Morgan fingerprint density at radius 2 is 2.19 bits per heavy atom. The Balaban J connectivity index is 1.83. The first kappa shape index (κ1) is 13.7. The average Bonchev–Trinajstić information content (AvgIpc) is 2.87. The molecule has 1 aromatic carbocycles. The molecule has 0 spiro atoms. The summed E-state index contributed by atoms with van der Waals surface area (Å²) >= 11 is 0. The lowest BCUT2D eigenvalue weighted by Crippen LogP contribution is -2.36. The zero-order chi connectivity index (χ0) is 15.0. The summed E-state index contributed by atoms with van der Waals surface area (Å²) in [6, 6.07) is 5.56. The van der Waals surface area contributed by atoms with Gasteiger partial charge in [0.15, 0.2) is 0 Å². The molecule has 1 aromatic heterocycles. The normalized spacial score (nSPS) is 14.0. The first-order valence-corrected chi connectivity index (χ1v) is 7.03. The molecule has 0 atom stereocenters. The smallest absolute Gasteiger partial charge is 0.254 e. The van der Waals surface area contributed by atoms with Gasteiger partial charge in [-0.3, -0.25) is 4.79 Å². The highest BCUT2D eigenvalue weighted by atomic mass is 16.5. The monoisotopic (exact) mass is 285 g/mol. The second kappa shape index (κ2) is 5.24. The summed E-state index contributed by atoms with van der Waals surface area (Å²) in [4.78, 5) is 18.9. The number of fused-ring (bicyclic) bond motifs is 1. The van der Waals surface area contributed by atoms with Crippen molar-refractivity contribution in [3.05, 3.63) is 47.0 Å². The second-order valence-electron chi connectivity index (χ2n) is 5.41. The van der Waals surface area contributed by atoms with Crippen molar-refractivity contribution in [1.29, 1.82) is 0 Å². The van der Waals surface area contributed by atoms with E-state index in [1.54, 1.807) is 7.11 Å². The van der Waals surface area contributed by atoms with Crippen molar-refractivity contribution in [2.24, 2.45) is 7.05 Å². The standard InChI is InChI=1S/C16H19N3O2/c1-11-8-12(4-5-15(11)21-3)16(20)19-7-6-13-14(9-19)18(2)10-17-13/h4-5,8,10H,6-7,9H2,1-3H3. The average molecular weight is 285 g/mol. The summed E-state index contributed by atoms with van der Waals surface area (Å²) in [5.41, 5.74) is 3.91. The number of methoxy groups -OCH3 is 1. The second-order valence-corrected chi connectivity index (χ2v) is 5.41. The number of nitrogens with zero attached hydrogens (tertiary/aromatic N) is 3. The van der Waals surface area contributed by atoms with Gasteiger partial charge in [-0.05, 0) is 30.7 Å². The molecule has 1 amide bonds. The van der Waals surface area contributed by atoms with Gasteiger partial charge in [0.25, 0.3) is 5.91 Å². The fourth-order valence-corrected chi connectivity index (χ4v) is 2.78. The van der Waals surface area contributed by atoms with Gasteiger partial charge in [-0.2, -0.15) is 0 Å². The van der Waals surface area contributed by atoms with E-state index in [9.17, 15) is 4.79 Å². The number of amides is 1. The maximum atomic E-state index is 12.6. The van der Waals surface area contributed by atoms with Crippen LogP contribution in [0.4, 0.5) is 0 Å². The van der Waals surface area contributed by atoms with Gasteiger partial charge in [0.2, 0.25) is 0 Å². The van der Waals surface area contributed by atoms with Gasteiger partial charge in [-0.1, -0.05) is 0 Å². The molecule has 5 heteroatoms. The fourth-order valence-electron chi connectivity index (χ4n) is 2.78. The Hall–Kier alpha value is -2.30. The molecule has 1 aliphatic heterocycles. The Morgan fingerprint density at radius 3 is 2.90 bits per heavy atom. The van der Waals surface area contributed by atoms with Crippen LogP contribution in [0.1, 0.15) is 27.3 Å². The van der Waals surface area contributed by atoms with Crippen LogP contribution in [0.3, 0.4) is 0 Å². The number of rotatable bonds is 2. The third-order valence-electron chi connectivity index (χ3n) is 4.03. The largest absolute Gasteiger partial charge is 0.496 e. The number of ether oxygens (including phenoxy) is 1. The third-order valence-corrected chi connectivity index (χ3v) is 4.03. The number of benzene rings is 1. The molecule has 110 valence electrons. The molecule has 0 bridgehead atoms. The van der Waals surface area contributed by atoms with Gasteiger partial charge in [-0.25, -0.2) is 4.98 Å². The molecular weight excluding hydrogens is 266 g/mol. The van der Waals surface area contributed by atoms with Crippen LogP contribution in [0.25, 0.3) is 0 Å². The van der Waals surface area contributed by atoms with E-state index in [1.807, 2.05) is 48.0 Å². The van der Waals surface area contributed by atoms with Crippen LogP contribution in [0.2, 0.25) is 0 Å². The summed E-state index contributed by atoms with van der Waals surface area (Å²) in [5.74, 6) is 0.867. The summed E-state index contributed by atoms with van der Waals surface area (Å²) in [7, 11) is 3.61. The van der Waals surface area contributed by atoms with Gasteiger partial charge in [0.05, 0.1) is 31.4 Å². The fraction of sp³-hybridized carbons (Fsp3) is 0.375. The molecular formula is C16H19N3O2. The van der Waals surface area contributed by atoms with Crippen LogP contribution < -0.4 is 4.74 Å². The number of aryl methyl sites for hydroxylation is 2. The van der Waals surface area contributed by atoms with Crippen LogP contribution in [0, 0.1) is 6.92 Å². The van der Waals surface area contributed by atoms with Crippen LogP contribution in [0.15, 0.2) is 24.5 Å². The summed E-state index contributed by atoms with van der Waals surface area (Å²) in [5, 5.41) is 0. The van der Waals surface area contributed by atoms with Gasteiger partial charge in [0.1, 0.15) is 5.75 Å². The van der Waals surface area contributed by atoms with Gasteiger partial charge < -0.3 is 14.2 Å².